The molecule has 0 radical (unpaired) electrons. The van der Waals surface area contributed by atoms with Crippen molar-refractivity contribution >= 4 is 23.5 Å². The Labute approximate surface area is 164 Å². The van der Waals surface area contributed by atoms with Crippen LogP contribution in [-0.4, -0.2) is 68.1 Å². The van der Waals surface area contributed by atoms with Crippen LogP contribution in [0.1, 0.15) is 5.56 Å². The van der Waals surface area contributed by atoms with E-state index in [0.717, 1.165) is 35.9 Å². The van der Waals surface area contributed by atoms with Crippen LogP contribution in [0.25, 0.3) is 6.08 Å². The van der Waals surface area contributed by atoms with Gasteiger partial charge in [0.1, 0.15) is 0 Å². The molecule has 2 aliphatic rings. The lowest BCUT2D eigenvalue weighted by molar-refractivity contribution is -0.126. The van der Waals surface area contributed by atoms with E-state index in [0.29, 0.717) is 18.8 Å². The molecule has 0 spiro atoms. The number of benzene rings is 1. The lowest BCUT2D eigenvalue weighted by Crippen LogP contribution is -2.48. The van der Waals surface area contributed by atoms with Crippen molar-refractivity contribution < 1.29 is 14.3 Å². The maximum Gasteiger partial charge on any atom is 0.246 e. The lowest BCUT2D eigenvalue weighted by Gasteiger charge is -2.34. The number of carbonyl (C=O) groups excluding carboxylic acids is 1. The summed E-state index contributed by atoms with van der Waals surface area (Å²) < 4.78 is 10.7. The zero-order valence-corrected chi connectivity index (χ0v) is 16.0. The fraction of sp³-hybridized carbons (Fsp3) is 0.350. The van der Waals surface area contributed by atoms with Crippen LogP contribution in [0, 0.1) is 0 Å². The van der Waals surface area contributed by atoms with Crippen LogP contribution in [0.3, 0.4) is 0 Å². The number of amides is 1. The standard InChI is InChI=1S/C20H23N5O3/c1-23(2)16-12-19(22-21-13-16)24-7-9-25(10-8-24)20(26)6-4-15-3-5-17-18(11-15)28-14-27-17/h3-6,11-13H,7-10,14H2,1-2H3/b6-4+. The van der Waals surface area contributed by atoms with Crippen LogP contribution in [0.4, 0.5) is 11.5 Å². The first kappa shape index (κ1) is 18.1. The molecule has 0 saturated carbocycles. The second-order valence-electron chi connectivity index (χ2n) is 6.92. The molecule has 28 heavy (non-hydrogen) atoms. The average Bonchev–Trinajstić information content (AvgIpc) is 3.20. The van der Waals surface area contributed by atoms with Crippen molar-refractivity contribution in [2.75, 3.05) is 56.9 Å². The SMILES string of the molecule is CN(C)c1cnnc(N2CCN(C(=O)/C=C/c3ccc4c(c3)OCO4)CC2)c1. The Bertz CT molecular complexity index is 891. The van der Waals surface area contributed by atoms with E-state index in [1.54, 1.807) is 12.3 Å². The van der Waals surface area contributed by atoms with E-state index in [4.69, 9.17) is 9.47 Å². The maximum atomic E-state index is 12.5. The van der Waals surface area contributed by atoms with E-state index in [2.05, 4.69) is 15.1 Å². The van der Waals surface area contributed by atoms with Crippen molar-refractivity contribution in [2.24, 2.45) is 0 Å². The van der Waals surface area contributed by atoms with Gasteiger partial charge in [0.25, 0.3) is 0 Å². The summed E-state index contributed by atoms with van der Waals surface area (Å²) in [5, 5.41) is 8.31. The van der Waals surface area contributed by atoms with Gasteiger partial charge >= 0.3 is 0 Å². The Hall–Kier alpha value is -3.29. The molecular weight excluding hydrogens is 358 g/mol. The molecule has 1 saturated heterocycles. The average molecular weight is 381 g/mol. The van der Waals surface area contributed by atoms with Crippen molar-refractivity contribution in [1.82, 2.24) is 15.1 Å². The highest BCUT2D eigenvalue weighted by Crippen LogP contribution is 2.32. The topological polar surface area (TPSA) is 71.0 Å². The van der Waals surface area contributed by atoms with E-state index in [1.807, 2.05) is 54.2 Å². The largest absolute Gasteiger partial charge is 0.454 e. The summed E-state index contributed by atoms with van der Waals surface area (Å²) in [6.07, 6.45) is 5.16. The van der Waals surface area contributed by atoms with Gasteiger partial charge < -0.3 is 24.2 Å². The van der Waals surface area contributed by atoms with E-state index >= 15 is 0 Å². The number of aromatic nitrogens is 2. The number of piperazine rings is 1. The highest BCUT2D eigenvalue weighted by molar-refractivity contribution is 5.92. The van der Waals surface area contributed by atoms with Crippen LogP contribution < -0.4 is 19.3 Å². The summed E-state index contributed by atoms with van der Waals surface area (Å²) >= 11 is 0. The third-order valence-corrected chi connectivity index (χ3v) is 4.87. The molecule has 2 aliphatic heterocycles. The third kappa shape index (κ3) is 3.85. The molecule has 0 unspecified atom stereocenters. The zero-order chi connectivity index (χ0) is 19.5. The van der Waals surface area contributed by atoms with Gasteiger partial charge in [-0.15, -0.1) is 5.10 Å². The van der Waals surface area contributed by atoms with Crippen LogP contribution in [-0.2, 0) is 4.79 Å². The van der Waals surface area contributed by atoms with Gasteiger partial charge in [0, 0.05) is 52.4 Å². The van der Waals surface area contributed by atoms with Crippen molar-refractivity contribution in [3.05, 3.63) is 42.1 Å². The summed E-state index contributed by atoms with van der Waals surface area (Å²) in [5.41, 5.74) is 1.92. The fourth-order valence-electron chi connectivity index (χ4n) is 3.19. The number of anilines is 2. The molecule has 1 amide bonds. The fourth-order valence-corrected chi connectivity index (χ4v) is 3.19. The Morgan fingerprint density at radius 1 is 1.11 bits per heavy atom. The second-order valence-corrected chi connectivity index (χ2v) is 6.92. The van der Waals surface area contributed by atoms with Crippen molar-refractivity contribution in [2.45, 2.75) is 0 Å². The zero-order valence-electron chi connectivity index (χ0n) is 16.0. The number of rotatable bonds is 4. The molecule has 1 aromatic heterocycles. The monoisotopic (exact) mass is 381 g/mol. The first-order valence-corrected chi connectivity index (χ1v) is 9.22. The summed E-state index contributed by atoms with van der Waals surface area (Å²) in [6.45, 7) is 3.01. The summed E-state index contributed by atoms with van der Waals surface area (Å²) in [6, 6.07) is 7.66. The molecule has 0 N–H and O–H groups in total. The van der Waals surface area contributed by atoms with E-state index < -0.39 is 0 Å². The first-order chi connectivity index (χ1) is 13.6. The number of fused-ring (bicyclic) bond motifs is 1. The Morgan fingerprint density at radius 2 is 1.89 bits per heavy atom. The molecule has 146 valence electrons. The van der Waals surface area contributed by atoms with Crippen molar-refractivity contribution in [3.63, 3.8) is 0 Å². The van der Waals surface area contributed by atoms with Crippen molar-refractivity contribution in [3.8, 4) is 11.5 Å². The van der Waals surface area contributed by atoms with Crippen LogP contribution in [0.15, 0.2) is 36.5 Å². The van der Waals surface area contributed by atoms with Gasteiger partial charge in [0.05, 0.1) is 11.9 Å². The number of hydrogen-bond acceptors (Lipinski definition) is 7. The smallest absolute Gasteiger partial charge is 0.246 e. The lowest BCUT2D eigenvalue weighted by atomic mass is 10.2. The van der Waals surface area contributed by atoms with Gasteiger partial charge in [-0.05, 0) is 23.8 Å². The van der Waals surface area contributed by atoms with Crippen LogP contribution in [0.5, 0.6) is 11.5 Å². The summed E-state index contributed by atoms with van der Waals surface area (Å²) in [5.74, 6) is 2.30. The van der Waals surface area contributed by atoms with E-state index in [1.165, 1.54) is 0 Å². The van der Waals surface area contributed by atoms with E-state index in [-0.39, 0.29) is 12.7 Å². The third-order valence-electron chi connectivity index (χ3n) is 4.87. The molecule has 4 rings (SSSR count). The molecule has 8 heteroatoms. The minimum Gasteiger partial charge on any atom is -0.454 e. The number of nitrogens with zero attached hydrogens (tertiary/aromatic N) is 5. The molecule has 0 aliphatic carbocycles. The summed E-state index contributed by atoms with van der Waals surface area (Å²) in [4.78, 5) is 18.5. The molecule has 2 aromatic rings. The Balaban J connectivity index is 1.34. The number of carbonyl (C=O) groups is 1. The maximum absolute atomic E-state index is 12.5. The van der Waals surface area contributed by atoms with E-state index in [9.17, 15) is 4.79 Å². The van der Waals surface area contributed by atoms with Gasteiger partial charge in [0.2, 0.25) is 12.7 Å². The van der Waals surface area contributed by atoms with Gasteiger partial charge in [-0.1, -0.05) is 6.07 Å². The van der Waals surface area contributed by atoms with Gasteiger partial charge in [-0.3, -0.25) is 4.79 Å². The normalized spacial score (nSPS) is 15.9. The molecule has 0 atom stereocenters. The first-order valence-electron chi connectivity index (χ1n) is 9.22. The molecule has 1 aromatic carbocycles. The predicted molar refractivity (Wildman–Crippen MR) is 107 cm³/mol. The quantitative estimate of drug-likeness (QED) is 0.746. The number of ether oxygens (including phenoxy) is 2. The highest BCUT2D eigenvalue weighted by atomic mass is 16.7. The molecule has 3 heterocycles. The van der Waals surface area contributed by atoms with Gasteiger partial charge in [-0.25, -0.2) is 0 Å². The van der Waals surface area contributed by atoms with Crippen LogP contribution in [0.2, 0.25) is 0 Å². The molecular formula is C20H23N5O3. The van der Waals surface area contributed by atoms with Crippen LogP contribution >= 0.6 is 0 Å². The van der Waals surface area contributed by atoms with Crippen molar-refractivity contribution in [1.29, 1.82) is 0 Å². The molecule has 1 fully saturated rings. The Kier molecular flexibility index (Phi) is 5.01. The summed E-state index contributed by atoms with van der Waals surface area (Å²) in [7, 11) is 3.95. The minimum absolute atomic E-state index is 0.00504. The predicted octanol–water partition coefficient (Wildman–Crippen LogP) is 1.63. The number of hydrogen-bond donors (Lipinski definition) is 0. The highest BCUT2D eigenvalue weighted by Gasteiger charge is 2.21. The second kappa shape index (κ2) is 7.75. The van der Waals surface area contributed by atoms with Gasteiger partial charge in [0.15, 0.2) is 17.3 Å². The van der Waals surface area contributed by atoms with Gasteiger partial charge in [-0.2, -0.15) is 5.10 Å². The minimum atomic E-state index is 0.00504. The Morgan fingerprint density at radius 3 is 2.68 bits per heavy atom. The molecule has 0 bridgehead atoms. The molecule has 8 nitrogen and oxygen atoms in total.